The highest BCUT2D eigenvalue weighted by Gasteiger charge is 2.28. The van der Waals surface area contributed by atoms with Crippen molar-refractivity contribution in [3.05, 3.63) is 63.1 Å². The molecule has 1 aliphatic rings. The van der Waals surface area contributed by atoms with Gasteiger partial charge >= 0.3 is 0 Å². The van der Waals surface area contributed by atoms with Crippen LogP contribution in [0.5, 0.6) is 0 Å². The number of nitrogens with one attached hydrogen (secondary N) is 2. The number of benzene rings is 2. The van der Waals surface area contributed by atoms with Crippen LogP contribution in [0.15, 0.2) is 36.4 Å². The smallest absolute Gasteiger partial charge is 0.0595 e. The number of anilines is 1. The quantitative estimate of drug-likeness (QED) is 0.769. The highest BCUT2D eigenvalue weighted by Crippen LogP contribution is 2.43. The van der Waals surface area contributed by atoms with Crippen LogP contribution in [0.25, 0.3) is 0 Å². The van der Waals surface area contributed by atoms with E-state index in [0.717, 1.165) is 24.0 Å². The Morgan fingerprint density at radius 2 is 1.88 bits per heavy atom. The molecule has 2 aromatic rings. The van der Waals surface area contributed by atoms with Crippen LogP contribution in [-0.4, -0.2) is 15.8 Å². The molecular weight excluding hydrogens is 367 g/mol. The van der Waals surface area contributed by atoms with Crippen LogP contribution in [0.1, 0.15) is 41.5 Å². The second kappa shape index (κ2) is 7.42. The first-order chi connectivity index (χ1) is 11.5. The standard InChI is InChI=1S/C17H18Cl2N2O2S/c1-20-17-7-5-12(10-2-6-15(18)16(19)8-10)13-4-3-11(9-14(13)17)21-24(22)23/h2-4,6,8-9,12,17,20-21H,5,7H2,1H3,(H,22,23)/p-1. The summed E-state index contributed by atoms with van der Waals surface area (Å²) in [5.41, 5.74) is 3.97. The van der Waals surface area contributed by atoms with Crippen LogP contribution in [0.3, 0.4) is 0 Å². The molecule has 0 aromatic heterocycles. The normalized spacial score (nSPS) is 21.2. The Bertz CT molecular complexity index is 785. The summed E-state index contributed by atoms with van der Waals surface area (Å²) >= 11 is 9.87. The number of hydrogen-bond donors (Lipinski definition) is 2. The van der Waals surface area contributed by atoms with Gasteiger partial charge in [-0.15, -0.1) is 0 Å². The van der Waals surface area contributed by atoms with E-state index >= 15 is 0 Å². The molecule has 3 rings (SSSR count). The van der Waals surface area contributed by atoms with E-state index in [4.69, 9.17) is 23.2 Å². The number of rotatable bonds is 4. The van der Waals surface area contributed by atoms with Crippen LogP contribution in [0, 0.1) is 0 Å². The first kappa shape index (κ1) is 17.7. The topological polar surface area (TPSA) is 64.2 Å². The highest BCUT2D eigenvalue weighted by atomic mass is 35.5. The second-order valence-electron chi connectivity index (χ2n) is 5.83. The lowest BCUT2D eigenvalue weighted by Crippen LogP contribution is -2.24. The number of hydrogen-bond acceptors (Lipinski definition) is 3. The summed E-state index contributed by atoms with van der Waals surface area (Å²) in [5.74, 6) is 0.214. The number of halogens is 2. The molecule has 2 aromatic carbocycles. The van der Waals surface area contributed by atoms with Gasteiger partial charge in [-0.25, -0.2) is 0 Å². The van der Waals surface area contributed by atoms with E-state index in [2.05, 4.69) is 10.0 Å². The van der Waals surface area contributed by atoms with E-state index in [1.54, 1.807) is 6.07 Å². The summed E-state index contributed by atoms with van der Waals surface area (Å²) in [4.78, 5) is 0. The van der Waals surface area contributed by atoms with E-state index in [0.29, 0.717) is 15.7 Å². The van der Waals surface area contributed by atoms with Crippen LogP contribution >= 0.6 is 23.2 Å². The van der Waals surface area contributed by atoms with Crippen LogP contribution in [0.2, 0.25) is 10.0 Å². The van der Waals surface area contributed by atoms with Gasteiger partial charge < -0.3 is 14.6 Å². The molecule has 3 unspecified atom stereocenters. The Morgan fingerprint density at radius 1 is 1.08 bits per heavy atom. The molecule has 1 aliphatic carbocycles. The molecule has 0 saturated carbocycles. The fourth-order valence-electron chi connectivity index (χ4n) is 3.37. The van der Waals surface area contributed by atoms with Gasteiger partial charge in [-0.2, -0.15) is 0 Å². The van der Waals surface area contributed by atoms with Crippen molar-refractivity contribution < 1.29 is 8.76 Å². The first-order valence-corrected chi connectivity index (χ1v) is 9.44. The molecule has 0 bridgehead atoms. The Balaban J connectivity index is 2.03. The third-order valence-corrected chi connectivity index (χ3v) is 5.62. The molecule has 0 amide bonds. The largest absolute Gasteiger partial charge is 0.755 e. The molecule has 24 heavy (non-hydrogen) atoms. The zero-order valence-electron chi connectivity index (χ0n) is 13.0. The monoisotopic (exact) mass is 383 g/mol. The van der Waals surface area contributed by atoms with Crippen molar-refractivity contribution in [2.24, 2.45) is 0 Å². The van der Waals surface area contributed by atoms with Crippen molar-refractivity contribution in [2.45, 2.75) is 24.8 Å². The summed E-state index contributed by atoms with van der Waals surface area (Å²) in [7, 11) is 1.92. The van der Waals surface area contributed by atoms with Crippen molar-refractivity contribution in [1.82, 2.24) is 5.32 Å². The summed E-state index contributed by atoms with van der Waals surface area (Å²) in [6.07, 6.45) is 1.94. The van der Waals surface area contributed by atoms with Gasteiger partial charge in [0.1, 0.15) is 0 Å². The molecule has 4 nitrogen and oxygen atoms in total. The van der Waals surface area contributed by atoms with Gasteiger partial charge in [0.2, 0.25) is 0 Å². The zero-order chi connectivity index (χ0) is 17.3. The van der Waals surface area contributed by atoms with Gasteiger partial charge in [0.05, 0.1) is 10.0 Å². The van der Waals surface area contributed by atoms with Gasteiger partial charge in [-0.3, -0.25) is 4.21 Å². The Morgan fingerprint density at radius 3 is 2.54 bits per heavy atom. The van der Waals surface area contributed by atoms with E-state index in [1.807, 2.05) is 37.4 Å². The van der Waals surface area contributed by atoms with Crippen molar-refractivity contribution >= 4 is 40.2 Å². The molecule has 0 fully saturated rings. The average molecular weight is 384 g/mol. The van der Waals surface area contributed by atoms with E-state index in [1.165, 1.54) is 5.56 Å². The maximum Gasteiger partial charge on any atom is 0.0595 e. The Hall–Kier alpha value is -1.11. The molecule has 128 valence electrons. The average Bonchev–Trinajstić information content (AvgIpc) is 2.55. The molecule has 0 heterocycles. The lowest BCUT2D eigenvalue weighted by Gasteiger charge is -2.32. The summed E-state index contributed by atoms with van der Waals surface area (Å²) in [6.45, 7) is 0. The molecule has 0 radical (unpaired) electrons. The van der Waals surface area contributed by atoms with Gasteiger partial charge in [-0.05, 0) is 60.8 Å². The fourth-order valence-corrected chi connectivity index (χ4v) is 4.00. The number of fused-ring (bicyclic) bond motifs is 1. The maximum atomic E-state index is 10.9. The minimum Gasteiger partial charge on any atom is -0.755 e. The predicted octanol–water partition coefficient (Wildman–Crippen LogP) is 4.39. The zero-order valence-corrected chi connectivity index (χ0v) is 15.3. The highest BCUT2D eigenvalue weighted by molar-refractivity contribution is 7.80. The molecule has 3 atom stereocenters. The minimum atomic E-state index is -2.33. The maximum absolute atomic E-state index is 10.9. The third kappa shape index (κ3) is 3.60. The summed E-state index contributed by atoms with van der Waals surface area (Å²) in [5, 5.41) is 4.40. The molecule has 0 spiro atoms. The van der Waals surface area contributed by atoms with Crippen LogP contribution < -0.4 is 10.0 Å². The lowest BCUT2D eigenvalue weighted by atomic mass is 9.76. The molecule has 7 heteroatoms. The van der Waals surface area contributed by atoms with Crippen LogP contribution in [0.4, 0.5) is 5.69 Å². The van der Waals surface area contributed by atoms with Crippen molar-refractivity contribution in [1.29, 1.82) is 0 Å². The van der Waals surface area contributed by atoms with E-state index < -0.39 is 11.3 Å². The summed E-state index contributed by atoms with van der Waals surface area (Å²) < 4.78 is 24.2. The Labute approximate surface area is 154 Å². The fraction of sp³-hybridized carbons (Fsp3) is 0.294. The molecular formula is C17H17Cl2N2O2S-. The SMILES string of the molecule is CNC1CCC(c2ccc(Cl)c(Cl)c2)c2ccc(NS(=O)[O-])cc21. The van der Waals surface area contributed by atoms with Crippen LogP contribution in [-0.2, 0) is 11.3 Å². The predicted molar refractivity (Wildman–Crippen MR) is 98.3 cm³/mol. The minimum absolute atomic E-state index is 0.195. The first-order valence-electron chi connectivity index (χ1n) is 7.61. The third-order valence-electron chi connectivity index (χ3n) is 4.48. The van der Waals surface area contributed by atoms with Gasteiger partial charge in [0.15, 0.2) is 0 Å². The van der Waals surface area contributed by atoms with Crippen molar-refractivity contribution in [3.63, 3.8) is 0 Å². The van der Waals surface area contributed by atoms with E-state index in [9.17, 15) is 8.76 Å². The molecule has 0 aliphatic heterocycles. The van der Waals surface area contributed by atoms with Gasteiger partial charge in [0.25, 0.3) is 0 Å². The van der Waals surface area contributed by atoms with Crippen molar-refractivity contribution in [2.75, 3.05) is 11.8 Å². The molecule has 2 N–H and O–H groups in total. The Kier molecular flexibility index (Phi) is 5.47. The second-order valence-corrected chi connectivity index (χ2v) is 7.31. The molecule has 0 saturated heterocycles. The van der Waals surface area contributed by atoms with Crippen molar-refractivity contribution in [3.8, 4) is 0 Å². The van der Waals surface area contributed by atoms with Gasteiger partial charge in [-0.1, -0.05) is 35.3 Å². The van der Waals surface area contributed by atoms with Gasteiger partial charge in [0, 0.05) is 28.9 Å². The van der Waals surface area contributed by atoms with E-state index in [-0.39, 0.29) is 12.0 Å². The lowest BCUT2D eigenvalue weighted by molar-refractivity contribution is 0.471. The summed E-state index contributed by atoms with van der Waals surface area (Å²) in [6, 6.07) is 11.6.